The van der Waals surface area contributed by atoms with Crippen molar-refractivity contribution in [2.24, 2.45) is 0 Å². The van der Waals surface area contributed by atoms with Gasteiger partial charge in [0, 0.05) is 33.9 Å². The Balaban J connectivity index is 1.93. The van der Waals surface area contributed by atoms with Gasteiger partial charge in [-0.25, -0.2) is 4.98 Å². The maximum absolute atomic E-state index is 11.9. The fourth-order valence-electron chi connectivity index (χ4n) is 1.76. The number of fused-ring (bicyclic) bond motifs is 1. The second-order valence-electron chi connectivity index (χ2n) is 4.85. The van der Waals surface area contributed by atoms with Crippen LogP contribution in [0.3, 0.4) is 0 Å². The van der Waals surface area contributed by atoms with Crippen molar-refractivity contribution in [2.45, 2.75) is 31.9 Å². The smallest absolute Gasteiger partial charge is 0.227 e. The third-order valence-corrected chi connectivity index (χ3v) is 5.98. The quantitative estimate of drug-likeness (QED) is 0.800. The van der Waals surface area contributed by atoms with Crippen LogP contribution in [-0.2, 0) is 15.6 Å². The molecule has 21 heavy (non-hydrogen) atoms. The third-order valence-electron chi connectivity index (χ3n) is 3.21. The first-order chi connectivity index (χ1) is 9.99. The topological polar surface area (TPSA) is 85.1 Å². The Kier molecular flexibility index (Phi) is 5.30. The number of benzene rings is 1. The van der Waals surface area contributed by atoms with Crippen molar-refractivity contribution < 1.29 is 9.00 Å². The highest BCUT2D eigenvalue weighted by atomic mass is 32.2. The van der Waals surface area contributed by atoms with Crippen molar-refractivity contribution in [3.8, 4) is 0 Å². The van der Waals surface area contributed by atoms with Crippen molar-refractivity contribution in [2.75, 3.05) is 16.8 Å². The predicted octanol–water partition coefficient (Wildman–Crippen LogP) is 2.75. The number of carbonyl (C=O) groups is 1. The van der Waals surface area contributed by atoms with Gasteiger partial charge in [0.25, 0.3) is 0 Å². The largest absolute Gasteiger partial charge is 0.399 e. The van der Waals surface area contributed by atoms with Crippen molar-refractivity contribution >= 4 is 49.1 Å². The zero-order chi connectivity index (χ0) is 15.4. The third kappa shape index (κ3) is 4.25. The van der Waals surface area contributed by atoms with E-state index in [0.717, 1.165) is 16.6 Å². The lowest BCUT2D eigenvalue weighted by Gasteiger charge is -2.07. The van der Waals surface area contributed by atoms with E-state index < -0.39 is 10.8 Å². The van der Waals surface area contributed by atoms with Gasteiger partial charge in [-0.1, -0.05) is 25.2 Å². The van der Waals surface area contributed by atoms with Gasteiger partial charge in [0.05, 0.1) is 10.2 Å². The highest BCUT2D eigenvalue weighted by molar-refractivity contribution is 7.85. The molecule has 5 nitrogen and oxygen atoms in total. The maximum Gasteiger partial charge on any atom is 0.227 e. The molecule has 0 fully saturated rings. The Morgan fingerprint density at radius 2 is 2.29 bits per heavy atom. The van der Waals surface area contributed by atoms with Gasteiger partial charge >= 0.3 is 0 Å². The Hall–Kier alpha value is -1.47. The van der Waals surface area contributed by atoms with Crippen LogP contribution in [0.25, 0.3) is 10.2 Å². The molecular formula is C14H19N3O2S2. The zero-order valence-corrected chi connectivity index (χ0v) is 13.7. The van der Waals surface area contributed by atoms with Crippen LogP contribution in [0, 0.1) is 0 Å². The monoisotopic (exact) mass is 325 g/mol. The molecule has 0 saturated heterocycles. The van der Waals surface area contributed by atoms with Crippen LogP contribution < -0.4 is 11.1 Å². The van der Waals surface area contributed by atoms with E-state index in [4.69, 9.17) is 5.73 Å². The predicted molar refractivity (Wildman–Crippen MR) is 90.0 cm³/mol. The van der Waals surface area contributed by atoms with Crippen LogP contribution >= 0.6 is 11.3 Å². The van der Waals surface area contributed by atoms with Crippen molar-refractivity contribution in [3.05, 3.63) is 18.2 Å². The number of nitrogen functional groups attached to an aromatic ring is 1. The molecule has 2 unspecified atom stereocenters. The lowest BCUT2D eigenvalue weighted by Crippen LogP contribution is -2.19. The van der Waals surface area contributed by atoms with Gasteiger partial charge in [-0.05, 0) is 24.6 Å². The SMILES string of the molecule is CCC(C)S(=O)CCC(=O)Nc1nc2ccc(N)cc2s1. The number of carbonyl (C=O) groups excluding carboxylic acids is 1. The summed E-state index contributed by atoms with van der Waals surface area (Å²) in [6.07, 6.45) is 1.10. The molecule has 0 aliphatic heterocycles. The van der Waals surface area contributed by atoms with Crippen LogP contribution in [0.4, 0.5) is 10.8 Å². The Morgan fingerprint density at radius 1 is 1.52 bits per heavy atom. The van der Waals surface area contributed by atoms with Crippen molar-refractivity contribution in [1.29, 1.82) is 0 Å². The van der Waals surface area contributed by atoms with Gasteiger partial charge in [0.1, 0.15) is 0 Å². The van der Waals surface area contributed by atoms with Gasteiger partial charge in [-0.3, -0.25) is 9.00 Å². The number of amides is 1. The van der Waals surface area contributed by atoms with E-state index in [1.54, 1.807) is 6.07 Å². The number of nitrogens with one attached hydrogen (secondary N) is 1. The van der Waals surface area contributed by atoms with Gasteiger partial charge in [0.15, 0.2) is 5.13 Å². The summed E-state index contributed by atoms with van der Waals surface area (Å²) >= 11 is 1.39. The Bertz CT molecular complexity index is 669. The number of thiazole rings is 1. The number of aromatic nitrogens is 1. The molecule has 0 bridgehead atoms. The molecule has 2 atom stereocenters. The summed E-state index contributed by atoms with van der Waals surface area (Å²) < 4.78 is 12.8. The second-order valence-corrected chi connectivity index (χ2v) is 7.85. The molecule has 3 N–H and O–H groups in total. The van der Waals surface area contributed by atoms with E-state index in [0.29, 0.717) is 16.6 Å². The first kappa shape index (κ1) is 15.9. The van der Waals surface area contributed by atoms with Crippen LogP contribution in [0.5, 0.6) is 0 Å². The second kappa shape index (κ2) is 7.00. The van der Waals surface area contributed by atoms with E-state index in [1.807, 2.05) is 26.0 Å². The van der Waals surface area contributed by atoms with Gasteiger partial charge in [0.2, 0.25) is 5.91 Å². The van der Waals surface area contributed by atoms with Crippen LogP contribution in [-0.4, -0.2) is 26.1 Å². The molecule has 1 aromatic heterocycles. The normalized spacial score (nSPS) is 14.0. The fourth-order valence-corrected chi connectivity index (χ4v) is 3.85. The molecule has 2 aromatic rings. The minimum absolute atomic E-state index is 0.128. The van der Waals surface area contributed by atoms with E-state index in [1.165, 1.54) is 11.3 Å². The molecule has 0 aliphatic rings. The highest BCUT2D eigenvalue weighted by Crippen LogP contribution is 2.27. The molecule has 0 aliphatic carbocycles. The maximum atomic E-state index is 11.9. The minimum atomic E-state index is -0.956. The van der Waals surface area contributed by atoms with Crippen LogP contribution in [0.15, 0.2) is 18.2 Å². The summed E-state index contributed by atoms with van der Waals surface area (Å²) in [6, 6.07) is 5.44. The van der Waals surface area contributed by atoms with E-state index in [2.05, 4.69) is 10.3 Å². The molecule has 2 rings (SSSR count). The van der Waals surface area contributed by atoms with Crippen LogP contribution in [0.2, 0.25) is 0 Å². The minimum Gasteiger partial charge on any atom is -0.399 e. The van der Waals surface area contributed by atoms with Crippen molar-refractivity contribution in [3.63, 3.8) is 0 Å². The molecule has 0 saturated carbocycles. The van der Waals surface area contributed by atoms with Gasteiger partial charge < -0.3 is 11.1 Å². The van der Waals surface area contributed by atoms with E-state index in [9.17, 15) is 9.00 Å². The molecule has 1 aromatic carbocycles. The number of nitrogens with two attached hydrogens (primary N) is 1. The molecule has 0 radical (unpaired) electrons. The summed E-state index contributed by atoms with van der Waals surface area (Å²) in [5, 5.41) is 3.44. The summed E-state index contributed by atoms with van der Waals surface area (Å²) in [5.41, 5.74) is 7.20. The molecule has 1 amide bonds. The fraction of sp³-hybridized carbons (Fsp3) is 0.429. The van der Waals surface area contributed by atoms with Crippen LogP contribution in [0.1, 0.15) is 26.7 Å². The molecule has 0 spiro atoms. The summed E-state index contributed by atoms with van der Waals surface area (Å²) in [5.74, 6) is 0.234. The van der Waals surface area contributed by atoms with Crippen molar-refractivity contribution in [1.82, 2.24) is 4.98 Å². The molecule has 114 valence electrons. The zero-order valence-electron chi connectivity index (χ0n) is 12.1. The number of nitrogens with zero attached hydrogens (tertiary/aromatic N) is 1. The number of rotatable bonds is 6. The summed E-state index contributed by atoms with van der Waals surface area (Å²) in [7, 11) is -0.956. The molecular weight excluding hydrogens is 306 g/mol. The lowest BCUT2D eigenvalue weighted by molar-refractivity contribution is -0.115. The average Bonchev–Trinajstić information content (AvgIpc) is 2.84. The first-order valence-corrected chi connectivity index (χ1v) is 9.02. The Morgan fingerprint density at radius 3 is 3.00 bits per heavy atom. The number of hydrogen-bond donors (Lipinski definition) is 2. The summed E-state index contributed by atoms with van der Waals surface area (Å²) in [6.45, 7) is 3.93. The van der Waals surface area contributed by atoms with Gasteiger partial charge in [-0.15, -0.1) is 0 Å². The standard InChI is InChI=1S/C14H19N3O2S2/c1-3-9(2)21(19)7-6-13(18)17-14-16-11-5-4-10(15)8-12(11)20-14/h4-5,8-9H,3,6-7,15H2,1-2H3,(H,16,17,18). The van der Waals surface area contributed by atoms with Gasteiger partial charge in [-0.2, -0.15) is 0 Å². The number of hydrogen-bond acceptors (Lipinski definition) is 5. The van der Waals surface area contributed by atoms with E-state index >= 15 is 0 Å². The van der Waals surface area contributed by atoms with E-state index in [-0.39, 0.29) is 17.6 Å². The number of anilines is 2. The Labute approximate surface area is 130 Å². The molecule has 1 heterocycles. The molecule has 7 heteroatoms. The lowest BCUT2D eigenvalue weighted by atomic mass is 10.3. The first-order valence-electron chi connectivity index (χ1n) is 6.82. The average molecular weight is 325 g/mol. The summed E-state index contributed by atoms with van der Waals surface area (Å²) in [4.78, 5) is 16.2. The highest BCUT2D eigenvalue weighted by Gasteiger charge is 2.12.